The Hall–Kier alpha value is -0.480. The molecule has 0 fully saturated rings. The molecule has 2 N–H and O–H groups in total. The Bertz CT molecular complexity index is 316. The molecule has 0 saturated carbocycles. The fourth-order valence-corrected chi connectivity index (χ4v) is 2.07. The lowest BCUT2D eigenvalue weighted by atomic mass is 9.95. The number of rotatable bonds is 5. The summed E-state index contributed by atoms with van der Waals surface area (Å²) in [5.41, 5.74) is 0.963. The maximum atomic E-state index is 9.44. The highest BCUT2D eigenvalue weighted by molar-refractivity contribution is 7.80. The topological polar surface area (TPSA) is 40.5 Å². The lowest BCUT2D eigenvalue weighted by molar-refractivity contribution is 0.144. The van der Waals surface area contributed by atoms with Crippen LogP contribution in [-0.4, -0.2) is 33.7 Å². The van der Waals surface area contributed by atoms with Crippen molar-refractivity contribution in [2.75, 3.05) is 12.5 Å². The molecule has 0 bridgehead atoms. The van der Waals surface area contributed by atoms with Crippen LogP contribution in [-0.2, 0) is 0 Å². The van der Waals surface area contributed by atoms with Crippen LogP contribution in [0, 0.1) is 0 Å². The van der Waals surface area contributed by atoms with E-state index in [1.807, 2.05) is 30.3 Å². The SMILES string of the molecule is OCC(O)C(=S)C(CCl)c1ccccc1. The fraction of sp³-hybridized carbons (Fsp3) is 0.364. The summed E-state index contributed by atoms with van der Waals surface area (Å²) < 4.78 is 0. The Morgan fingerprint density at radius 3 is 2.40 bits per heavy atom. The first-order valence-corrected chi connectivity index (χ1v) is 5.58. The zero-order valence-electron chi connectivity index (χ0n) is 8.14. The van der Waals surface area contributed by atoms with Crippen molar-refractivity contribution in [3.05, 3.63) is 35.9 Å². The molecule has 1 aromatic rings. The summed E-state index contributed by atoms with van der Waals surface area (Å²) in [4.78, 5) is 0.388. The maximum absolute atomic E-state index is 9.44. The van der Waals surface area contributed by atoms with Gasteiger partial charge in [0, 0.05) is 16.7 Å². The summed E-state index contributed by atoms with van der Waals surface area (Å²) in [6, 6.07) is 9.50. The Morgan fingerprint density at radius 2 is 1.93 bits per heavy atom. The third-order valence-electron chi connectivity index (χ3n) is 2.20. The second-order valence-corrected chi connectivity index (χ2v) is 4.00. The van der Waals surface area contributed by atoms with Gasteiger partial charge in [0.2, 0.25) is 0 Å². The molecule has 0 aliphatic heterocycles. The minimum Gasteiger partial charge on any atom is -0.393 e. The summed E-state index contributed by atoms with van der Waals surface area (Å²) in [6.07, 6.45) is -0.982. The number of hydrogen-bond acceptors (Lipinski definition) is 3. The molecule has 15 heavy (non-hydrogen) atoms. The highest BCUT2D eigenvalue weighted by atomic mass is 35.5. The van der Waals surface area contributed by atoms with Gasteiger partial charge in [-0.3, -0.25) is 0 Å². The van der Waals surface area contributed by atoms with E-state index in [9.17, 15) is 5.11 Å². The highest BCUT2D eigenvalue weighted by Gasteiger charge is 2.21. The van der Waals surface area contributed by atoms with Gasteiger partial charge < -0.3 is 10.2 Å². The molecule has 2 nitrogen and oxygen atoms in total. The molecule has 1 rings (SSSR count). The van der Waals surface area contributed by atoms with Crippen molar-refractivity contribution in [1.29, 1.82) is 0 Å². The molecule has 0 radical (unpaired) electrons. The number of halogens is 1. The average Bonchev–Trinajstić information content (AvgIpc) is 2.30. The van der Waals surface area contributed by atoms with Crippen LogP contribution in [0.5, 0.6) is 0 Å². The van der Waals surface area contributed by atoms with E-state index in [1.165, 1.54) is 0 Å². The molecule has 4 heteroatoms. The first-order valence-electron chi connectivity index (χ1n) is 4.64. The molecule has 2 unspecified atom stereocenters. The van der Waals surface area contributed by atoms with Gasteiger partial charge in [-0.15, -0.1) is 11.6 Å². The van der Waals surface area contributed by atoms with Crippen LogP contribution in [0.15, 0.2) is 30.3 Å². The Balaban J connectivity index is 2.85. The van der Waals surface area contributed by atoms with Gasteiger partial charge in [-0.2, -0.15) is 0 Å². The van der Waals surface area contributed by atoms with E-state index < -0.39 is 6.10 Å². The monoisotopic (exact) mass is 244 g/mol. The molecule has 0 aliphatic rings. The molecule has 0 spiro atoms. The van der Waals surface area contributed by atoms with Gasteiger partial charge >= 0.3 is 0 Å². The van der Waals surface area contributed by atoms with Gasteiger partial charge in [-0.05, 0) is 5.56 Å². The molecule has 1 aromatic carbocycles. The van der Waals surface area contributed by atoms with Gasteiger partial charge in [0.1, 0.15) is 6.10 Å². The van der Waals surface area contributed by atoms with E-state index in [0.717, 1.165) is 5.56 Å². The second kappa shape index (κ2) is 6.18. The lowest BCUT2D eigenvalue weighted by Crippen LogP contribution is -2.29. The van der Waals surface area contributed by atoms with E-state index in [1.54, 1.807) is 0 Å². The van der Waals surface area contributed by atoms with Gasteiger partial charge in [-0.25, -0.2) is 0 Å². The Labute approximate surface area is 99.5 Å². The van der Waals surface area contributed by atoms with Crippen molar-refractivity contribution in [3.8, 4) is 0 Å². The average molecular weight is 245 g/mol. The van der Waals surface area contributed by atoms with Gasteiger partial charge in [-0.1, -0.05) is 42.5 Å². The third kappa shape index (κ3) is 3.24. The van der Waals surface area contributed by atoms with Crippen LogP contribution < -0.4 is 0 Å². The summed E-state index contributed by atoms with van der Waals surface area (Å²) >= 11 is 10.9. The van der Waals surface area contributed by atoms with E-state index in [-0.39, 0.29) is 12.5 Å². The van der Waals surface area contributed by atoms with Crippen LogP contribution in [0.25, 0.3) is 0 Å². The zero-order valence-corrected chi connectivity index (χ0v) is 9.71. The molecule has 0 aromatic heterocycles. The van der Waals surface area contributed by atoms with E-state index in [2.05, 4.69) is 0 Å². The standard InChI is InChI=1S/C11H13ClO2S/c12-6-9(11(15)10(14)7-13)8-4-2-1-3-5-8/h1-5,9-10,13-14H,6-7H2. The van der Waals surface area contributed by atoms with Crippen molar-refractivity contribution in [2.24, 2.45) is 0 Å². The predicted octanol–water partition coefficient (Wildman–Crippen LogP) is 1.73. The normalized spacial score (nSPS) is 14.6. The molecule has 0 aliphatic carbocycles. The third-order valence-corrected chi connectivity index (χ3v) is 3.07. The largest absolute Gasteiger partial charge is 0.393 e. The summed E-state index contributed by atoms with van der Waals surface area (Å²) in [7, 11) is 0. The van der Waals surface area contributed by atoms with Crippen molar-refractivity contribution < 1.29 is 10.2 Å². The van der Waals surface area contributed by atoms with Crippen LogP contribution in [0.2, 0.25) is 0 Å². The molecule has 82 valence electrons. The number of alkyl halides is 1. The Kier molecular flexibility index (Phi) is 5.19. The summed E-state index contributed by atoms with van der Waals surface area (Å²) in [5, 5.41) is 18.3. The molecular weight excluding hydrogens is 232 g/mol. The molecule has 0 saturated heterocycles. The minimum atomic E-state index is -0.982. The number of aliphatic hydroxyl groups is 2. The Morgan fingerprint density at radius 1 is 1.33 bits per heavy atom. The van der Waals surface area contributed by atoms with E-state index in [4.69, 9.17) is 28.9 Å². The quantitative estimate of drug-likeness (QED) is 0.612. The number of thiocarbonyl (C=S) groups is 1. The first-order chi connectivity index (χ1) is 7.20. The second-order valence-electron chi connectivity index (χ2n) is 3.22. The molecular formula is C11H13ClO2S. The summed E-state index contributed by atoms with van der Waals surface area (Å²) in [5.74, 6) is 0.116. The minimum absolute atomic E-state index is 0.190. The number of aliphatic hydroxyl groups excluding tert-OH is 2. The van der Waals surface area contributed by atoms with Gasteiger partial charge in [0.05, 0.1) is 6.61 Å². The van der Waals surface area contributed by atoms with E-state index in [0.29, 0.717) is 10.7 Å². The van der Waals surface area contributed by atoms with Crippen LogP contribution in [0.3, 0.4) is 0 Å². The zero-order chi connectivity index (χ0) is 11.3. The van der Waals surface area contributed by atoms with Crippen LogP contribution >= 0.6 is 23.8 Å². The van der Waals surface area contributed by atoms with Crippen LogP contribution in [0.4, 0.5) is 0 Å². The van der Waals surface area contributed by atoms with Crippen LogP contribution in [0.1, 0.15) is 11.5 Å². The smallest absolute Gasteiger partial charge is 0.109 e. The molecule has 0 heterocycles. The predicted molar refractivity (Wildman–Crippen MR) is 65.6 cm³/mol. The number of hydrogen-bond donors (Lipinski definition) is 2. The number of benzene rings is 1. The molecule has 2 atom stereocenters. The lowest BCUT2D eigenvalue weighted by Gasteiger charge is -2.18. The van der Waals surface area contributed by atoms with Crippen molar-refractivity contribution >= 4 is 28.7 Å². The molecule has 0 amide bonds. The maximum Gasteiger partial charge on any atom is 0.109 e. The van der Waals surface area contributed by atoms with Crippen molar-refractivity contribution in [1.82, 2.24) is 0 Å². The van der Waals surface area contributed by atoms with Gasteiger partial charge in [0.25, 0.3) is 0 Å². The fourth-order valence-electron chi connectivity index (χ4n) is 1.34. The van der Waals surface area contributed by atoms with E-state index >= 15 is 0 Å². The summed E-state index contributed by atoms with van der Waals surface area (Å²) in [6.45, 7) is -0.362. The van der Waals surface area contributed by atoms with Gasteiger partial charge in [0.15, 0.2) is 0 Å². The highest BCUT2D eigenvalue weighted by Crippen LogP contribution is 2.21. The van der Waals surface area contributed by atoms with Crippen molar-refractivity contribution in [2.45, 2.75) is 12.0 Å². The first kappa shape index (κ1) is 12.6. The van der Waals surface area contributed by atoms with Crippen molar-refractivity contribution in [3.63, 3.8) is 0 Å².